The highest BCUT2D eigenvalue weighted by atomic mass is 19.3. The third-order valence-electron chi connectivity index (χ3n) is 6.11. The minimum absolute atomic E-state index is 0.0273. The number of esters is 1. The summed E-state index contributed by atoms with van der Waals surface area (Å²) in [6, 6.07) is 1.64. The maximum absolute atomic E-state index is 13.2. The molecule has 0 aliphatic heterocycles. The van der Waals surface area contributed by atoms with Gasteiger partial charge in [0.05, 0.1) is 12.7 Å². The standard InChI is InChI=1S/C27H37F2N3O9/c1-6-15(4)21(32-27(39)41-13-16-7-9-17(10-8-16)26(38)40-5)24(35)31-19(11-14(2)3)23(34)30-18(12-20(28)29)22(33)25(36)37/h7-10,14-15,18-21H,6,11-13H2,1-5H3,(H,30,34)(H,31,35)(H,32,39)(H,36,37)/t15?,18?,19-,21-/m0/s1. The van der Waals surface area contributed by atoms with Crippen LogP contribution in [-0.2, 0) is 35.3 Å². The van der Waals surface area contributed by atoms with Crippen LogP contribution in [0.3, 0.4) is 0 Å². The van der Waals surface area contributed by atoms with E-state index in [0.29, 0.717) is 17.5 Å². The number of amides is 3. The molecule has 41 heavy (non-hydrogen) atoms. The number of alkyl halides is 2. The van der Waals surface area contributed by atoms with Gasteiger partial charge in [-0.05, 0) is 36.0 Å². The number of aliphatic carboxylic acids is 1. The van der Waals surface area contributed by atoms with E-state index < -0.39 is 72.5 Å². The van der Waals surface area contributed by atoms with Gasteiger partial charge >= 0.3 is 18.0 Å². The first-order valence-corrected chi connectivity index (χ1v) is 13.0. The molecule has 14 heteroatoms. The first kappa shape index (κ1) is 34.9. The Bertz CT molecular complexity index is 1080. The van der Waals surface area contributed by atoms with Gasteiger partial charge < -0.3 is 30.5 Å². The number of nitrogens with one attached hydrogen (secondary N) is 3. The fourth-order valence-corrected chi connectivity index (χ4v) is 3.67. The van der Waals surface area contributed by atoms with Crippen LogP contribution in [0.25, 0.3) is 0 Å². The summed E-state index contributed by atoms with van der Waals surface area (Å²) < 4.78 is 35.7. The summed E-state index contributed by atoms with van der Waals surface area (Å²) >= 11 is 0. The van der Waals surface area contributed by atoms with E-state index in [2.05, 4.69) is 15.4 Å². The first-order valence-electron chi connectivity index (χ1n) is 13.0. The molecule has 1 rings (SSSR count). The molecule has 12 nitrogen and oxygen atoms in total. The number of carbonyl (C=O) groups excluding carboxylic acids is 5. The lowest BCUT2D eigenvalue weighted by atomic mass is 9.96. The van der Waals surface area contributed by atoms with Crippen molar-refractivity contribution >= 4 is 35.6 Å². The van der Waals surface area contributed by atoms with Gasteiger partial charge in [0.25, 0.3) is 5.78 Å². The summed E-state index contributed by atoms with van der Waals surface area (Å²) in [7, 11) is 1.25. The maximum atomic E-state index is 13.2. The monoisotopic (exact) mass is 585 g/mol. The summed E-state index contributed by atoms with van der Waals surface area (Å²) in [6.45, 7) is 6.73. The third-order valence-corrected chi connectivity index (χ3v) is 6.11. The van der Waals surface area contributed by atoms with Crippen molar-refractivity contribution in [2.75, 3.05) is 7.11 Å². The number of methoxy groups -OCH3 is 1. The quantitative estimate of drug-likeness (QED) is 0.168. The average Bonchev–Trinajstić information content (AvgIpc) is 2.92. The van der Waals surface area contributed by atoms with Gasteiger partial charge in [-0.25, -0.2) is 23.2 Å². The van der Waals surface area contributed by atoms with Crippen molar-refractivity contribution in [2.24, 2.45) is 11.8 Å². The third kappa shape index (κ3) is 11.9. The van der Waals surface area contributed by atoms with Gasteiger partial charge in [0.15, 0.2) is 0 Å². The molecule has 0 saturated carbocycles. The Morgan fingerprint density at radius 1 is 0.878 bits per heavy atom. The smallest absolute Gasteiger partial charge is 0.408 e. The number of halogens is 2. The molecule has 0 saturated heterocycles. The molecule has 0 spiro atoms. The SMILES string of the molecule is CCC(C)[C@H](NC(=O)OCc1ccc(C(=O)OC)cc1)C(=O)N[C@@H](CC(C)C)C(=O)NC(CC(F)F)C(=O)C(=O)O. The second kappa shape index (κ2) is 16.9. The van der Waals surface area contributed by atoms with E-state index in [1.54, 1.807) is 39.8 Å². The van der Waals surface area contributed by atoms with Crippen LogP contribution in [0.1, 0.15) is 62.9 Å². The lowest BCUT2D eigenvalue weighted by molar-refractivity contribution is -0.151. The second-order valence-electron chi connectivity index (χ2n) is 9.82. The zero-order valence-corrected chi connectivity index (χ0v) is 23.6. The topological polar surface area (TPSA) is 177 Å². The average molecular weight is 586 g/mol. The van der Waals surface area contributed by atoms with Crippen LogP contribution in [-0.4, -0.2) is 72.4 Å². The minimum atomic E-state index is -3.07. The molecule has 4 N–H and O–H groups in total. The molecule has 0 heterocycles. The number of ketones is 1. The van der Waals surface area contributed by atoms with Crippen LogP contribution in [0.4, 0.5) is 13.6 Å². The number of hydrogen-bond acceptors (Lipinski definition) is 8. The van der Waals surface area contributed by atoms with Gasteiger partial charge in [-0.15, -0.1) is 0 Å². The molecule has 2 unspecified atom stereocenters. The summed E-state index contributed by atoms with van der Waals surface area (Å²) in [4.78, 5) is 73.1. The number of carboxylic acid groups (broad SMARTS) is 1. The molecule has 1 aromatic rings. The molecule has 228 valence electrons. The van der Waals surface area contributed by atoms with Crippen LogP contribution < -0.4 is 16.0 Å². The van der Waals surface area contributed by atoms with Gasteiger partial charge in [0.2, 0.25) is 18.2 Å². The zero-order valence-electron chi connectivity index (χ0n) is 23.6. The predicted molar refractivity (Wildman–Crippen MR) is 141 cm³/mol. The molecule has 0 radical (unpaired) electrons. The zero-order chi connectivity index (χ0) is 31.3. The molecule has 0 aliphatic carbocycles. The van der Waals surface area contributed by atoms with E-state index in [1.807, 2.05) is 5.32 Å². The summed E-state index contributed by atoms with van der Waals surface area (Å²) in [5, 5.41) is 15.9. The number of carboxylic acids is 1. The summed E-state index contributed by atoms with van der Waals surface area (Å²) in [5.41, 5.74) is 0.863. The van der Waals surface area contributed by atoms with Gasteiger partial charge in [-0.3, -0.25) is 14.4 Å². The van der Waals surface area contributed by atoms with Gasteiger partial charge in [0.1, 0.15) is 24.7 Å². The van der Waals surface area contributed by atoms with Crippen molar-refractivity contribution in [3.05, 3.63) is 35.4 Å². The van der Waals surface area contributed by atoms with Crippen LogP contribution in [0.5, 0.6) is 0 Å². The Morgan fingerprint density at radius 3 is 1.95 bits per heavy atom. The normalized spacial score (nSPS) is 13.9. The van der Waals surface area contributed by atoms with Crippen molar-refractivity contribution in [3.63, 3.8) is 0 Å². The molecule has 0 aliphatic rings. The summed E-state index contributed by atoms with van der Waals surface area (Å²) in [6.07, 6.45) is -4.75. The Labute approximate surface area is 236 Å². The van der Waals surface area contributed by atoms with Crippen LogP contribution in [0.15, 0.2) is 24.3 Å². The molecule has 3 amide bonds. The second-order valence-corrected chi connectivity index (χ2v) is 9.82. The molecular weight excluding hydrogens is 548 g/mol. The predicted octanol–water partition coefficient (Wildman–Crippen LogP) is 2.44. The molecule has 0 fully saturated rings. The van der Waals surface area contributed by atoms with E-state index in [-0.39, 0.29) is 18.9 Å². The van der Waals surface area contributed by atoms with Crippen molar-refractivity contribution < 1.29 is 52.1 Å². The highest BCUT2D eigenvalue weighted by Gasteiger charge is 2.34. The number of ether oxygens (including phenoxy) is 2. The Hall–Kier alpha value is -4.10. The highest BCUT2D eigenvalue weighted by Crippen LogP contribution is 2.13. The van der Waals surface area contributed by atoms with Crippen LogP contribution in [0, 0.1) is 11.8 Å². The number of rotatable bonds is 16. The Kier molecular flexibility index (Phi) is 14.4. The number of alkyl carbamates (subject to hydrolysis) is 1. The number of carbonyl (C=O) groups is 6. The van der Waals surface area contributed by atoms with Crippen molar-refractivity contribution in [1.29, 1.82) is 0 Å². The number of Topliss-reactive ketones (excluding diaryl/α,β-unsaturated/α-hetero) is 1. The molecule has 4 atom stereocenters. The fraction of sp³-hybridized carbons (Fsp3) is 0.556. The summed E-state index contributed by atoms with van der Waals surface area (Å²) in [5.74, 6) is -6.53. The van der Waals surface area contributed by atoms with Crippen molar-refractivity contribution in [3.8, 4) is 0 Å². The lowest BCUT2D eigenvalue weighted by Gasteiger charge is -2.27. The van der Waals surface area contributed by atoms with E-state index in [9.17, 15) is 37.5 Å². The maximum Gasteiger partial charge on any atom is 0.408 e. The van der Waals surface area contributed by atoms with Gasteiger partial charge in [0, 0.05) is 6.42 Å². The molecule has 1 aromatic carbocycles. The lowest BCUT2D eigenvalue weighted by Crippen LogP contribution is -2.58. The van der Waals surface area contributed by atoms with Gasteiger partial charge in [-0.2, -0.15) is 0 Å². The largest absolute Gasteiger partial charge is 0.475 e. The van der Waals surface area contributed by atoms with Crippen molar-refractivity contribution in [1.82, 2.24) is 16.0 Å². The Balaban J connectivity index is 2.98. The molecule has 0 aromatic heterocycles. The van der Waals surface area contributed by atoms with E-state index in [1.165, 1.54) is 19.2 Å². The highest BCUT2D eigenvalue weighted by molar-refractivity contribution is 6.35. The number of benzene rings is 1. The number of hydrogen-bond donors (Lipinski definition) is 4. The van der Waals surface area contributed by atoms with E-state index in [4.69, 9.17) is 9.84 Å². The Morgan fingerprint density at radius 2 is 1.46 bits per heavy atom. The fourth-order valence-electron chi connectivity index (χ4n) is 3.67. The van der Waals surface area contributed by atoms with E-state index >= 15 is 0 Å². The van der Waals surface area contributed by atoms with E-state index in [0.717, 1.165) is 0 Å². The molecule has 0 bridgehead atoms. The first-order chi connectivity index (χ1) is 19.2. The van der Waals surface area contributed by atoms with Crippen molar-refractivity contribution in [2.45, 2.75) is 78.1 Å². The molecular formula is C27H37F2N3O9. The van der Waals surface area contributed by atoms with Crippen LogP contribution in [0.2, 0.25) is 0 Å². The minimum Gasteiger partial charge on any atom is -0.475 e. The van der Waals surface area contributed by atoms with Gasteiger partial charge in [-0.1, -0.05) is 46.2 Å². The van der Waals surface area contributed by atoms with Crippen LogP contribution >= 0.6 is 0 Å².